The highest BCUT2D eigenvalue weighted by Gasteiger charge is 2.46. The van der Waals surface area contributed by atoms with Crippen LogP contribution in [-0.4, -0.2) is 52.0 Å². The van der Waals surface area contributed by atoms with Crippen molar-refractivity contribution in [1.82, 2.24) is 4.90 Å². The zero-order chi connectivity index (χ0) is 14.9. The summed E-state index contributed by atoms with van der Waals surface area (Å²) in [6, 6.07) is -1.05. The fourth-order valence-electron chi connectivity index (χ4n) is 3.56. The van der Waals surface area contributed by atoms with Crippen molar-refractivity contribution in [2.75, 3.05) is 6.54 Å². The summed E-state index contributed by atoms with van der Waals surface area (Å²) in [5, 5.41) is 18.5. The van der Waals surface area contributed by atoms with Gasteiger partial charge >= 0.3 is 12.1 Å². The van der Waals surface area contributed by atoms with Crippen molar-refractivity contribution in [3.8, 4) is 0 Å². The van der Waals surface area contributed by atoms with Crippen molar-refractivity contribution in [3.63, 3.8) is 0 Å². The van der Waals surface area contributed by atoms with Gasteiger partial charge in [0, 0.05) is 12.6 Å². The van der Waals surface area contributed by atoms with Crippen LogP contribution in [0.5, 0.6) is 0 Å². The average molecular weight is 295 g/mol. The number of alkyl halides is 3. The summed E-state index contributed by atoms with van der Waals surface area (Å²) in [4.78, 5) is 12.6. The summed E-state index contributed by atoms with van der Waals surface area (Å²) >= 11 is 0. The van der Waals surface area contributed by atoms with Crippen LogP contribution < -0.4 is 0 Å². The first kappa shape index (κ1) is 15.6. The summed E-state index contributed by atoms with van der Waals surface area (Å²) < 4.78 is 37.6. The lowest BCUT2D eigenvalue weighted by atomic mass is 9.76. The Bertz CT molecular complexity index is 361. The molecule has 20 heavy (non-hydrogen) atoms. The van der Waals surface area contributed by atoms with Gasteiger partial charge in [0.2, 0.25) is 0 Å². The molecule has 4 nitrogen and oxygen atoms in total. The van der Waals surface area contributed by atoms with E-state index < -0.39 is 30.8 Å². The molecule has 0 aromatic rings. The lowest BCUT2D eigenvalue weighted by molar-refractivity contribution is -0.214. The predicted molar refractivity (Wildman–Crippen MR) is 65.2 cm³/mol. The molecule has 2 fully saturated rings. The van der Waals surface area contributed by atoms with Gasteiger partial charge in [-0.05, 0) is 31.6 Å². The monoisotopic (exact) mass is 295 g/mol. The van der Waals surface area contributed by atoms with E-state index in [9.17, 15) is 28.2 Å². The maximum Gasteiger partial charge on any atom is 0.415 e. The number of piperidine rings is 1. The topological polar surface area (TPSA) is 60.8 Å². The highest BCUT2D eigenvalue weighted by atomic mass is 19.4. The van der Waals surface area contributed by atoms with Crippen molar-refractivity contribution in [2.45, 2.75) is 62.9 Å². The molecule has 0 bridgehead atoms. The van der Waals surface area contributed by atoms with Gasteiger partial charge in [-0.1, -0.05) is 12.8 Å². The number of hydrogen-bond acceptors (Lipinski definition) is 3. The Balaban J connectivity index is 2.14. The van der Waals surface area contributed by atoms with Gasteiger partial charge in [-0.2, -0.15) is 13.2 Å². The highest BCUT2D eigenvalue weighted by Crippen LogP contribution is 2.38. The number of carbonyl (C=O) groups is 1. The molecule has 0 spiro atoms. The van der Waals surface area contributed by atoms with Gasteiger partial charge in [0.1, 0.15) is 6.04 Å². The minimum atomic E-state index is -4.70. The summed E-state index contributed by atoms with van der Waals surface area (Å²) in [5.41, 5.74) is 0. The van der Waals surface area contributed by atoms with Gasteiger partial charge in [0.15, 0.2) is 6.10 Å². The fourth-order valence-corrected chi connectivity index (χ4v) is 3.56. The highest BCUT2D eigenvalue weighted by molar-refractivity contribution is 5.73. The number of aliphatic hydroxyl groups is 1. The van der Waals surface area contributed by atoms with E-state index in [1.807, 2.05) is 0 Å². The van der Waals surface area contributed by atoms with Crippen LogP contribution in [0.2, 0.25) is 0 Å². The van der Waals surface area contributed by atoms with Gasteiger partial charge in [-0.15, -0.1) is 0 Å². The van der Waals surface area contributed by atoms with E-state index >= 15 is 0 Å². The summed E-state index contributed by atoms with van der Waals surface area (Å²) in [6.07, 6.45) is -2.45. The van der Waals surface area contributed by atoms with E-state index in [-0.39, 0.29) is 12.0 Å². The Morgan fingerprint density at radius 3 is 2.45 bits per heavy atom. The van der Waals surface area contributed by atoms with Crippen LogP contribution in [-0.2, 0) is 4.79 Å². The first-order chi connectivity index (χ1) is 9.30. The third-order valence-electron chi connectivity index (χ3n) is 4.55. The number of rotatable bonds is 3. The number of nitrogens with zero attached hydrogens (tertiary/aromatic N) is 1. The Morgan fingerprint density at radius 2 is 1.85 bits per heavy atom. The molecule has 1 aliphatic heterocycles. The lowest BCUT2D eigenvalue weighted by Gasteiger charge is -2.47. The first-order valence-corrected chi connectivity index (χ1v) is 7.04. The molecule has 1 aliphatic carbocycles. The number of aliphatic hydroxyl groups excluding tert-OH is 1. The van der Waals surface area contributed by atoms with Crippen molar-refractivity contribution >= 4 is 5.97 Å². The Kier molecular flexibility index (Phi) is 4.59. The van der Waals surface area contributed by atoms with Gasteiger partial charge in [0.05, 0.1) is 0 Å². The molecule has 7 heteroatoms. The molecule has 0 amide bonds. The van der Waals surface area contributed by atoms with E-state index in [4.69, 9.17) is 0 Å². The lowest BCUT2D eigenvalue weighted by Crippen LogP contribution is -2.58. The van der Waals surface area contributed by atoms with Crippen molar-refractivity contribution in [1.29, 1.82) is 0 Å². The second-order valence-electron chi connectivity index (χ2n) is 5.80. The molecule has 0 radical (unpaired) electrons. The largest absolute Gasteiger partial charge is 0.480 e. The number of hydrogen-bond donors (Lipinski definition) is 2. The quantitative estimate of drug-likeness (QED) is 0.836. The maximum absolute atomic E-state index is 12.5. The molecule has 1 saturated carbocycles. The number of fused-ring (bicyclic) bond motifs is 1. The van der Waals surface area contributed by atoms with E-state index in [1.165, 1.54) is 4.90 Å². The summed E-state index contributed by atoms with van der Waals surface area (Å²) in [7, 11) is 0. The van der Waals surface area contributed by atoms with Crippen LogP contribution >= 0.6 is 0 Å². The van der Waals surface area contributed by atoms with Crippen LogP contribution in [0.1, 0.15) is 38.5 Å². The number of halogens is 3. The van der Waals surface area contributed by atoms with E-state index in [2.05, 4.69) is 0 Å². The number of β-amino-alcohol motifs (C(OH)–C–C–N with tert-alkyl or cyclic N) is 1. The van der Waals surface area contributed by atoms with Gasteiger partial charge in [-0.3, -0.25) is 9.69 Å². The summed E-state index contributed by atoms with van der Waals surface area (Å²) in [5.74, 6) is -0.830. The van der Waals surface area contributed by atoms with Gasteiger partial charge in [0.25, 0.3) is 0 Å². The molecular weight excluding hydrogens is 275 g/mol. The smallest absolute Gasteiger partial charge is 0.415 e. The molecule has 2 rings (SSSR count). The molecule has 2 N–H and O–H groups in total. The molecule has 116 valence electrons. The maximum atomic E-state index is 12.5. The Hall–Kier alpha value is -0.820. The van der Waals surface area contributed by atoms with Crippen LogP contribution in [0.4, 0.5) is 13.2 Å². The van der Waals surface area contributed by atoms with Crippen molar-refractivity contribution in [3.05, 3.63) is 0 Å². The summed E-state index contributed by atoms with van der Waals surface area (Å²) in [6.45, 7) is -0.637. The van der Waals surface area contributed by atoms with E-state index in [0.717, 1.165) is 32.1 Å². The normalized spacial score (nSPS) is 33.5. The van der Waals surface area contributed by atoms with Gasteiger partial charge < -0.3 is 10.2 Å². The standard InChI is InChI=1S/C13H20F3NO3/c14-13(15,16)11(18)7-17-9-4-2-1-3-8(9)5-6-10(17)12(19)20/h8-11,18H,1-7H2,(H,19,20). The number of carboxylic acid groups (broad SMARTS) is 1. The third-order valence-corrected chi connectivity index (χ3v) is 4.55. The minimum absolute atomic E-state index is 0.143. The molecule has 4 unspecified atom stereocenters. The molecular formula is C13H20F3NO3. The van der Waals surface area contributed by atoms with Crippen LogP contribution in [0.25, 0.3) is 0 Å². The van der Waals surface area contributed by atoms with Crippen LogP contribution in [0, 0.1) is 5.92 Å². The number of carboxylic acids is 1. The molecule has 2 aliphatic rings. The average Bonchev–Trinajstić information content (AvgIpc) is 2.37. The van der Waals surface area contributed by atoms with E-state index in [0.29, 0.717) is 6.42 Å². The zero-order valence-corrected chi connectivity index (χ0v) is 11.1. The zero-order valence-electron chi connectivity index (χ0n) is 11.1. The predicted octanol–water partition coefficient (Wildman–Crippen LogP) is 2.02. The molecule has 1 saturated heterocycles. The van der Waals surface area contributed by atoms with Crippen molar-refractivity contribution < 1.29 is 28.2 Å². The second-order valence-corrected chi connectivity index (χ2v) is 5.80. The number of likely N-dealkylation sites (tertiary alicyclic amines) is 1. The molecule has 0 aromatic carbocycles. The molecule has 0 aromatic heterocycles. The second kappa shape index (κ2) is 5.89. The first-order valence-electron chi connectivity index (χ1n) is 7.04. The minimum Gasteiger partial charge on any atom is -0.480 e. The fraction of sp³-hybridized carbons (Fsp3) is 0.923. The molecule has 1 heterocycles. The third kappa shape index (κ3) is 3.25. The number of aliphatic carboxylic acids is 1. The van der Waals surface area contributed by atoms with E-state index in [1.54, 1.807) is 0 Å². The van der Waals surface area contributed by atoms with Crippen LogP contribution in [0.3, 0.4) is 0 Å². The molecule has 4 atom stereocenters. The Labute approximate surface area is 115 Å². The van der Waals surface area contributed by atoms with Gasteiger partial charge in [-0.25, -0.2) is 0 Å². The van der Waals surface area contributed by atoms with Crippen LogP contribution in [0.15, 0.2) is 0 Å². The Morgan fingerprint density at radius 1 is 1.20 bits per heavy atom. The van der Waals surface area contributed by atoms with Crippen molar-refractivity contribution in [2.24, 2.45) is 5.92 Å². The SMILES string of the molecule is O=C(O)C1CCC2CCCCC2N1CC(O)C(F)(F)F.